The zero-order valence-electron chi connectivity index (χ0n) is 12.1. The minimum atomic E-state index is -0.284. The Kier molecular flexibility index (Phi) is 3.76. The molecule has 0 aromatic heterocycles. The van der Waals surface area contributed by atoms with Gasteiger partial charge in [-0.15, -0.1) is 0 Å². The van der Waals surface area contributed by atoms with E-state index in [1.807, 2.05) is 23.1 Å². The summed E-state index contributed by atoms with van der Waals surface area (Å²) in [5, 5.41) is 3.45. The van der Waals surface area contributed by atoms with E-state index in [0.717, 1.165) is 18.7 Å². The van der Waals surface area contributed by atoms with Crippen molar-refractivity contribution < 1.29 is 9.53 Å². The molecule has 1 saturated heterocycles. The van der Waals surface area contributed by atoms with E-state index in [1.54, 1.807) is 0 Å². The van der Waals surface area contributed by atoms with Crippen molar-refractivity contribution in [2.75, 3.05) is 18.1 Å². The molecule has 3 rings (SSSR count). The van der Waals surface area contributed by atoms with Gasteiger partial charge in [0.15, 0.2) is 0 Å². The monoisotopic (exact) mass is 274 g/mol. The maximum Gasteiger partial charge on any atom is 0.256 e. The Morgan fingerprint density at radius 2 is 2.15 bits per heavy atom. The standard InChI is InChI=1S/C16H22N2O2/c1-11-7-8-20-15(11)16(19)18-10-12(2)17-9-13-5-3-4-6-14(13)18/h3-6,11-12,15,17H,7-10H2,1-2H3. The van der Waals surface area contributed by atoms with Gasteiger partial charge in [0.1, 0.15) is 6.10 Å². The Labute approximate surface area is 120 Å². The third-order valence-corrected chi connectivity index (χ3v) is 4.28. The summed E-state index contributed by atoms with van der Waals surface area (Å²) >= 11 is 0. The molecule has 0 spiro atoms. The quantitative estimate of drug-likeness (QED) is 0.851. The number of carbonyl (C=O) groups excluding carboxylic acids is 1. The van der Waals surface area contributed by atoms with Gasteiger partial charge in [-0.1, -0.05) is 25.1 Å². The van der Waals surface area contributed by atoms with E-state index >= 15 is 0 Å². The Hall–Kier alpha value is -1.39. The van der Waals surface area contributed by atoms with Gasteiger partial charge in [0, 0.05) is 31.4 Å². The number of hydrogen-bond acceptors (Lipinski definition) is 3. The molecule has 108 valence electrons. The second-order valence-corrected chi connectivity index (χ2v) is 5.92. The Morgan fingerprint density at radius 3 is 2.90 bits per heavy atom. The van der Waals surface area contributed by atoms with Crippen LogP contribution in [0.3, 0.4) is 0 Å². The lowest BCUT2D eigenvalue weighted by Gasteiger charge is -2.28. The molecule has 0 aliphatic carbocycles. The SMILES string of the molecule is CC1CN(C(=O)C2OCCC2C)c2ccccc2CN1. The Balaban J connectivity index is 1.92. The first kappa shape index (κ1) is 13.6. The number of para-hydroxylation sites is 1. The number of ether oxygens (including phenoxy) is 1. The van der Waals surface area contributed by atoms with Gasteiger partial charge in [-0.25, -0.2) is 0 Å². The maximum atomic E-state index is 12.8. The molecular formula is C16H22N2O2. The highest BCUT2D eigenvalue weighted by molar-refractivity contribution is 5.97. The number of fused-ring (bicyclic) bond motifs is 1. The maximum absolute atomic E-state index is 12.8. The highest BCUT2D eigenvalue weighted by atomic mass is 16.5. The third kappa shape index (κ3) is 2.45. The molecule has 0 saturated carbocycles. The summed E-state index contributed by atoms with van der Waals surface area (Å²) in [4.78, 5) is 14.8. The van der Waals surface area contributed by atoms with Gasteiger partial charge in [0.2, 0.25) is 0 Å². The molecule has 1 aromatic carbocycles. The predicted molar refractivity (Wildman–Crippen MR) is 78.6 cm³/mol. The van der Waals surface area contributed by atoms with Crippen molar-refractivity contribution >= 4 is 11.6 Å². The van der Waals surface area contributed by atoms with Crippen LogP contribution in [-0.4, -0.2) is 31.2 Å². The number of amides is 1. The first-order valence-electron chi connectivity index (χ1n) is 7.41. The lowest BCUT2D eigenvalue weighted by Crippen LogP contribution is -2.45. The van der Waals surface area contributed by atoms with E-state index in [9.17, 15) is 4.79 Å². The van der Waals surface area contributed by atoms with E-state index in [4.69, 9.17) is 4.74 Å². The van der Waals surface area contributed by atoms with Gasteiger partial charge in [-0.2, -0.15) is 0 Å². The number of hydrogen-bond donors (Lipinski definition) is 1. The van der Waals surface area contributed by atoms with Crippen molar-refractivity contribution in [2.24, 2.45) is 5.92 Å². The molecule has 1 N–H and O–H groups in total. The van der Waals surface area contributed by atoms with Gasteiger partial charge in [0.25, 0.3) is 5.91 Å². The van der Waals surface area contributed by atoms with Crippen molar-refractivity contribution in [2.45, 2.75) is 39.0 Å². The molecule has 2 heterocycles. The predicted octanol–water partition coefficient (Wildman–Crippen LogP) is 1.94. The van der Waals surface area contributed by atoms with Crippen molar-refractivity contribution in [1.82, 2.24) is 5.32 Å². The average Bonchev–Trinajstić information content (AvgIpc) is 2.80. The average molecular weight is 274 g/mol. The first-order chi connectivity index (χ1) is 9.66. The Bertz CT molecular complexity index is 503. The van der Waals surface area contributed by atoms with E-state index in [0.29, 0.717) is 19.1 Å². The number of anilines is 1. The number of nitrogens with zero attached hydrogens (tertiary/aromatic N) is 1. The van der Waals surface area contributed by atoms with Crippen LogP contribution in [0.2, 0.25) is 0 Å². The van der Waals surface area contributed by atoms with Crippen molar-refractivity contribution in [3.63, 3.8) is 0 Å². The van der Waals surface area contributed by atoms with Crippen LogP contribution < -0.4 is 10.2 Å². The van der Waals surface area contributed by atoms with Crippen LogP contribution in [0.4, 0.5) is 5.69 Å². The van der Waals surface area contributed by atoms with Crippen LogP contribution in [-0.2, 0) is 16.1 Å². The molecular weight excluding hydrogens is 252 g/mol. The van der Waals surface area contributed by atoms with Crippen molar-refractivity contribution in [3.8, 4) is 0 Å². The fourth-order valence-corrected chi connectivity index (χ4v) is 3.02. The van der Waals surface area contributed by atoms with Crippen LogP contribution in [0.25, 0.3) is 0 Å². The molecule has 3 unspecified atom stereocenters. The normalized spacial score (nSPS) is 29.9. The smallest absolute Gasteiger partial charge is 0.256 e. The molecule has 2 aliphatic heterocycles. The first-order valence-corrected chi connectivity index (χ1v) is 7.41. The molecule has 1 amide bonds. The summed E-state index contributed by atoms with van der Waals surface area (Å²) in [7, 11) is 0. The van der Waals surface area contributed by atoms with Gasteiger partial charge in [0.05, 0.1) is 0 Å². The molecule has 20 heavy (non-hydrogen) atoms. The minimum absolute atomic E-state index is 0.109. The topological polar surface area (TPSA) is 41.6 Å². The Morgan fingerprint density at radius 1 is 1.35 bits per heavy atom. The molecule has 1 aromatic rings. The fourth-order valence-electron chi connectivity index (χ4n) is 3.02. The summed E-state index contributed by atoms with van der Waals surface area (Å²) in [6.07, 6.45) is 0.688. The lowest BCUT2D eigenvalue weighted by atomic mass is 10.0. The summed E-state index contributed by atoms with van der Waals surface area (Å²) in [6, 6.07) is 8.41. The van der Waals surface area contributed by atoms with Crippen molar-refractivity contribution in [3.05, 3.63) is 29.8 Å². The zero-order chi connectivity index (χ0) is 14.1. The van der Waals surface area contributed by atoms with Gasteiger partial charge in [-0.3, -0.25) is 4.79 Å². The zero-order valence-corrected chi connectivity index (χ0v) is 12.1. The molecule has 4 heteroatoms. The molecule has 1 fully saturated rings. The highest BCUT2D eigenvalue weighted by Crippen LogP contribution is 2.28. The van der Waals surface area contributed by atoms with Crippen LogP contribution in [0, 0.1) is 5.92 Å². The summed E-state index contributed by atoms with van der Waals surface area (Å²) in [5.41, 5.74) is 2.20. The van der Waals surface area contributed by atoms with Crippen LogP contribution in [0.1, 0.15) is 25.8 Å². The molecule has 0 radical (unpaired) electrons. The summed E-state index contributed by atoms with van der Waals surface area (Å²) in [5.74, 6) is 0.416. The van der Waals surface area contributed by atoms with Crippen LogP contribution in [0.5, 0.6) is 0 Å². The molecule has 0 bridgehead atoms. The van der Waals surface area contributed by atoms with E-state index in [2.05, 4.69) is 25.2 Å². The lowest BCUT2D eigenvalue weighted by molar-refractivity contribution is -0.128. The highest BCUT2D eigenvalue weighted by Gasteiger charge is 2.36. The van der Waals surface area contributed by atoms with Crippen LogP contribution >= 0.6 is 0 Å². The molecule has 3 atom stereocenters. The number of benzene rings is 1. The minimum Gasteiger partial charge on any atom is -0.368 e. The molecule has 2 aliphatic rings. The van der Waals surface area contributed by atoms with Gasteiger partial charge >= 0.3 is 0 Å². The van der Waals surface area contributed by atoms with E-state index in [1.165, 1.54) is 5.56 Å². The largest absolute Gasteiger partial charge is 0.368 e. The number of nitrogens with one attached hydrogen (secondary N) is 1. The number of rotatable bonds is 1. The fraction of sp³-hybridized carbons (Fsp3) is 0.562. The second-order valence-electron chi connectivity index (χ2n) is 5.92. The van der Waals surface area contributed by atoms with Crippen molar-refractivity contribution in [1.29, 1.82) is 0 Å². The number of carbonyl (C=O) groups is 1. The molecule has 4 nitrogen and oxygen atoms in total. The second kappa shape index (κ2) is 5.54. The summed E-state index contributed by atoms with van der Waals surface area (Å²) in [6.45, 7) is 6.41. The van der Waals surface area contributed by atoms with E-state index in [-0.39, 0.29) is 18.1 Å². The van der Waals surface area contributed by atoms with E-state index < -0.39 is 0 Å². The van der Waals surface area contributed by atoms with Crippen LogP contribution in [0.15, 0.2) is 24.3 Å². The van der Waals surface area contributed by atoms with Gasteiger partial charge < -0.3 is 15.0 Å². The summed E-state index contributed by atoms with van der Waals surface area (Å²) < 4.78 is 5.66. The third-order valence-electron chi connectivity index (χ3n) is 4.28. The van der Waals surface area contributed by atoms with Gasteiger partial charge in [-0.05, 0) is 30.9 Å².